The lowest BCUT2D eigenvalue weighted by molar-refractivity contribution is -0.118. The molecule has 1 aromatic carbocycles. The van der Waals surface area contributed by atoms with Crippen LogP contribution in [0.5, 0.6) is 5.75 Å². The smallest absolute Gasteiger partial charge is 0.250 e. The number of amides is 1. The van der Waals surface area contributed by atoms with E-state index in [1.54, 1.807) is 18.0 Å². The number of hydrogen-bond acceptors (Lipinski definition) is 6. The molecule has 0 atom stereocenters. The zero-order valence-corrected chi connectivity index (χ0v) is 13.4. The number of nitrogens with one attached hydrogen (secondary N) is 1. The molecule has 22 heavy (non-hydrogen) atoms. The minimum atomic E-state index is -0.199. The number of carbonyl (C=O) groups excluding carboxylic acids is 1. The van der Waals surface area contributed by atoms with E-state index in [1.807, 2.05) is 38.2 Å². The van der Waals surface area contributed by atoms with Crippen LogP contribution in [-0.2, 0) is 11.8 Å². The lowest BCUT2D eigenvalue weighted by Crippen LogP contribution is -2.21. The molecule has 0 saturated heterocycles. The third-order valence-electron chi connectivity index (χ3n) is 2.84. The number of rotatable bonds is 6. The van der Waals surface area contributed by atoms with Gasteiger partial charge in [0.25, 0.3) is 5.91 Å². The summed E-state index contributed by atoms with van der Waals surface area (Å²) in [5.74, 6) is 0.771. The Balaban J connectivity index is 1.89. The van der Waals surface area contributed by atoms with Gasteiger partial charge in [0.1, 0.15) is 12.1 Å². The number of methoxy groups -OCH3 is 1. The first-order valence-corrected chi connectivity index (χ1v) is 7.53. The molecular weight excluding hydrogens is 302 g/mol. The molecule has 2 rings (SSSR count). The Morgan fingerprint density at radius 2 is 2.32 bits per heavy atom. The molecule has 0 aliphatic rings. The van der Waals surface area contributed by atoms with Crippen molar-refractivity contribution in [2.24, 2.45) is 12.1 Å². The second-order valence-corrected chi connectivity index (χ2v) is 5.42. The summed E-state index contributed by atoms with van der Waals surface area (Å²) < 4.78 is 6.91. The number of thioether (sulfide) groups is 1. The molecule has 2 aromatic rings. The van der Waals surface area contributed by atoms with Crippen LogP contribution >= 0.6 is 11.8 Å². The van der Waals surface area contributed by atoms with Crippen LogP contribution in [0.4, 0.5) is 0 Å². The second-order valence-electron chi connectivity index (χ2n) is 4.48. The Bertz CT molecular complexity index is 683. The summed E-state index contributed by atoms with van der Waals surface area (Å²) in [6.07, 6.45) is 1.59. The summed E-state index contributed by atoms with van der Waals surface area (Å²) in [6, 6.07) is 7.49. The number of nitrogens with zero attached hydrogens (tertiary/aromatic N) is 4. The first kappa shape index (κ1) is 16.0. The van der Waals surface area contributed by atoms with Gasteiger partial charge in [-0.3, -0.25) is 4.79 Å². The summed E-state index contributed by atoms with van der Waals surface area (Å²) >= 11 is 1.30. The predicted octanol–water partition coefficient (Wildman–Crippen LogP) is 1.46. The molecule has 0 aliphatic carbocycles. The number of hydrogen-bond donors (Lipinski definition) is 1. The van der Waals surface area contributed by atoms with Gasteiger partial charge in [0.2, 0.25) is 0 Å². The number of hydrazone groups is 1. The van der Waals surface area contributed by atoms with E-state index >= 15 is 0 Å². The number of carbonyl (C=O) groups is 1. The monoisotopic (exact) mass is 319 g/mol. The van der Waals surface area contributed by atoms with Gasteiger partial charge in [-0.2, -0.15) is 5.10 Å². The van der Waals surface area contributed by atoms with Crippen molar-refractivity contribution < 1.29 is 9.53 Å². The maximum Gasteiger partial charge on any atom is 0.250 e. The van der Waals surface area contributed by atoms with Gasteiger partial charge in [-0.1, -0.05) is 23.9 Å². The van der Waals surface area contributed by atoms with Crippen molar-refractivity contribution in [2.45, 2.75) is 12.1 Å². The van der Waals surface area contributed by atoms with Crippen molar-refractivity contribution in [2.75, 3.05) is 12.9 Å². The van der Waals surface area contributed by atoms with Crippen LogP contribution in [0.1, 0.15) is 12.5 Å². The Morgan fingerprint density at radius 3 is 3.00 bits per heavy atom. The minimum Gasteiger partial charge on any atom is -0.497 e. The van der Waals surface area contributed by atoms with Crippen molar-refractivity contribution in [1.82, 2.24) is 20.2 Å². The molecule has 7 nitrogen and oxygen atoms in total. The van der Waals surface area contributed by atoms with E-state index in [-0.39, 0.29) is 11.7 Å². The second kappa shape index (κ2) is 7.60. The minimum absolute atomic E-state index is 0.199. The van der Waals surface area contributed by atoms with E-state index in [4.69, 9.17) is 4.74 Å². The molecule has 0 spiro atoms. The van der Waals surface area contributed by atoms with Crippen molar-refractivity contribution >= 4 is 23.4 Å². The first-order chi connectivity index (χ1) is 10.6. The molecule has 116 valence electrons. The number of aromatic nitrogens is 3. The highest BCUT2D eigenvalue weighted by Gasteiger charge is 2.06. The highest BCUT2D eigenvalue weighted by molar-refractivity contribution is 7.99. The lowest BCUT2D eigenvalue weighted by Gasteiger charge is -2.05. The van der Waals surface area contributed by atoms with Crippen molar-refractivity contribution in [3.63, 3.8) is 0 Å². The van der Waals surface area contributed by atoms with E-state index in [0.717, 1.165) is 11.3 Å². The Kier molecular flexibility index (Phi) is 5.54. The normalized spacial score (nSPS) is 11.3. The molecular formula is C14H17N5O2S. The van der Waals surface area contributed by atoms with Crippen LogP contribution in [0.15, 0.2) is 40.9 Å². The summed E-state index contributed by atoms with van der Waals surface area (Å²) in [5.41, 5.74) is 4.12. The number of benzene rings is 1. The quantitative estimate of drug-likeness (QED) is 0.495. The largest absolute Gasteiger partial charge is 0.497 e. The standard InChI is InChI=1S/C14H17N5O2S/c1-10(11-5-4-6-12(7-11)21-3)16-17-13(20)8-22-14-18-15-9-19(14)2/h4-7,9H,8H2,1-3H3,(H,17,20)/b16-10-. The van der Waals surface area contributed by atoms with E-state index in [9.17, 15) is 4.79 Å². The van der Waals surface area contributed by atoms with E-state index in [1.165, 1.54) is 11.8 Å². The van der Waals surface area contributed by atoms with E-state index in [2.05, 4.69) is 20.7 Å². The Morgan fingerprint density at radius 1 is 1.50 bits per heavy atom. The fraction of sp³-hybridized carbons (Fsp3) is 0.286. The summed E-state index contributed by atoms with van der Waals surface area (Å²) in [7, 11) is 3.43. The van der Waals surface area contributed by atoms with Crippen LogP contribution in [-0.4, -0.2) is 39.2 Å². The molecule has 0 fully saturated rings. The van der Waals surface area contributed by atoms with Crippen molar-refractivity contribution in [3.8, 4) is 5.75 Å². The zero-order chi connectivity index (χ0) is 15.9. The van der Waals surface area contributed by atoms with Crippen LogP contribution < -0.4 is 10.2 Å². The fourth-order valence-electron chi connectivity index (χ4n) is 1.62. The highest BCUT2D eigenvalue weighted by atomic mass is 32.2. The van der Waals surface area contributed by atoms with E-state index < -0.39 is 0 Å². The Labute approximate surface area is 132 Å². The maximum atomic E-state index is 11.8. The maximum absolute atomic E-state index is 11.8. The van der Waals surface area contributed by atoms with Gasteiger partial charge in [0.05, 0.1) is 18.6 Å². The molecule has 0 aliphatic heterocycles. The molecule has 0 unspecified atom stereocenters. The molecule has 1 N–H and O–H groups in total. The number of aryl methyl sites for hydroxylation is 1. The topological polar surface area (TPSA) is 81.4 Å². The van der Waals surface area contributed by atoms with Gasteiger partial charge >= 0.3 is 0 Å². The van der Waals surface area contributed by atoms with Gasteiger partial charge in [0, 0.05) is 12.6 Å². The average Bonchev–Trinajstić information content (AvgIpc) is 2.95. The van der Waals surface area contributed by atoms with Gasteiger partial charge in [-0.15, -0.1) is 10.2 Å². The van der Waals surface area contributed by atoms with Crippen molar-refractivity contribution in [3.05, 3.63) is 36.2 Å². The summed E-state index contributed by atoms with van der Waals surface area (Å²) in [6.45, 7) is 1.82. The zero-order valence-electron chi connectivity index (χ0n) is 12.6. The van der Waals surface area contributed by atoms with Gasteiger partial charge in [0.15, 0.2) is 5.16 Å². The molecule has 1 amide bonds. The van der Waals surface area contributed by atoms with Crippen LogP contribution in [0, 0.1) is 0 Å². The third kappa shape index (κ3) is 4.32. The average molecular weight is 319 g/mol. The molecule has 0 radical (unpaired) electrons. The molecule has 0 bridgehead atoms. The first-order valence-electron chi connectivity index (χ1n) is 6.54. The number of ether oxygens (including phenoxy) is 1. The molecule has 8 heteroatoms. The van der Waals surface area contributed by atoms with Crippen LogP contribution in [0.25, 0.3) is 0 Å². The third-order valence-corrected chi connectivity index (χ3v) is 3.87. The lowest BCUT2D eigenvalue weighted by atomic mass is 10.1. The molecule has 0 saturated carbocycles. The predicted molar refractivity (Wildman–Crippen MR) is 85.1 cm³/mol. The van der Waals surface area contributed by atoms with Gasteiger partial charge in [-0.05, 0) is 19.1 Å². The van der Waals surface area contributed by atoms with Crippen LogP contribution in [0.2, 0.25) is 0 Å². The van der Waals surface area contributed by atoms with Gasteiger partial charge in [-0.25, -0.2) is 5.43 Å². The summed E-state index contributed by atoms with van der Waals surface area (Å²) in [5, 5.41) is 12.4. The van der Waals surface area contributed by atoms with E-state index in [0.29, 0.717) is 10.9 Å². The molecule has 1 aromatic heterocycles. The fourth-order valence-corrected chi connectivity index (χ4v) is 2.30. The van der Waals surface area contributed by atoms with Gasteiger partial charge < -0.3 is 9.30 Å². The van der Waals surface area contributed by atoms with Crippen molar-refractivity contribution in [1.29, 1.82) is 0 Å². The van der Waals surface area contributed by atoms with Crippen LogP contribution in [0.3, 0.4) is 0 Å². The summed E-state index contributed by atoms with van der Waals surface area (Å²) in [4.78, 5) is 11.8. The Hall–Kier alpha value is -2.35. The molecule has 1 heterocycles. The SMILES string of the molecule is COc1cccc(/C(C)=N\NC(=O)CSc2nncn2C)c1. The highest BCUT2D eigenvalue weighted by Crippen LogP contribution is 2.14.